The van der Waals surface area contributed by atoms with Gasteiger partial charge in [-0.25, -0.2) is 4.79 Å². The van der Waals surface area contributed by atoms with Gasteiger partial charge in [-0.05, 0) is 24.7 Å². The SMILES string of the molecule is CCCCCC(=O)OC(C)OC(=O)NCC1(CC(=O)O)CCCCC1. The van der Waals surface area contributed by atoms with E-state index in [4.69, 9.17) is 14.6 Å². The van der Waals surface area contributed by atoms with Crippen molar-refractivity contribution >= 4 is 18.0 Å². The Morgan fingerprint density at radius 1 is 1.12 bits per heavy atom. The van der Waals surface area contributed by atoms with E-state index in [9.17, 15) is 14.4 Å². The number of hydrogen-bond acceptors (Lipinski definition) is 5. The molecule has 0 aliphatic heterocycles. The Bertz CT molecular complexity index is 445. The summed E-state index contributed by atoms with van der Waals surface area (Å²) in [4.78, 5) is 34.6. The molecule has 0 bridgehead atoms. The number of ether oxygens (including phenoxy) is 2. The van der Waals surface area contributed by atoms with Crippen LogP contribution in [-0.4, -0.2) is 36.0 Å². The van der Waals surface area contributed by atoms with E-state index in [1.54, 1.807) is 0 Å². The lowest BCUT2D eigenvalue weighted by atomic mass is 9.72. The Morgan fingerprint density at radius 2 is 1.80 bits per heavy atom. The van der Waals surface area contributed by atoms with E-state index in [2.05, 4.69) is 5.32 Å². The lowest BCUT2D eigenvalue weighted by Gasteiger charge is -2.36. The largest absolute Gasteiger partial charge is 0.481 e. The summed E-state index contributed by atoms with van der Waals surface area (Å²) in [5.74, 6) is -1.24. The lowest BCUT2D eigenvalue weighted by Crippen LogP contribution is -2.41. The minimum atomic E-state index is -0.962. The maximum Gasteiger partial charge on any atom is 0.410 e. The predicted molar refractivity (Wildman–Crippen MR) is 92.0 cm³/mol. The monoisotopic (exact) mass is 357 g/mol. The van der Waals surface area contributed by atoms with Crippen LogP contribution in [0.25, 0.3) is 0 Å². The third kappa shape index (κ3) is 8.74. The first kappa shape index (κ1) is 21.3. The fourth-order valence-corrected chi connectivity index (χ4v) is 3.28. The third-order valence-electron chi connectivity index (χ3n) is 4.60. The van der Waals surface area contributed by atoms with E-state index in [0.717, 1.165) is 51.4 Å². The normalized spacial score (nSPS) is 17.4. The summed E-state index contributed by atoms with van der Waals surface area (Å²) in [5.41, 5.74) is -0.414. The van der Waals surface area contributed by atoms with Crippen LogP contribution < -0.4 is 5.32 Å². The second kappa shape index (κ2) is 10.9. The van der Waals surface area contributed by atoms with Crippen molar-refractivity contribution in [1.29, 1.82) is 0 Å². The first-order valence-electron chi connectivity index (χ1n) is 9.22. The average Bonchev–Trinajstić information content (AvgIpc) is 2.53. The quantitative estimate of drug-likeness (QED) is 0.352. The number of rotatable bonds is 10. The van der Waals surface area contributed by atoms with Gasteiger partial charge in [0.2, 0.25) is 6.29 Å². The number of carboxylic acid groups (broad SMARTS) is 1. The zero-order chi connectivity index (χ0) is 18.7. The van der Waals surface area contributed by atoms with Crippen LogP contribution in [0, 0.1) is 5.41 Å². The number of carbonyl (C=O) groups is 3. The Kier molecular flexibility index (Phi) is 9.31. The van der Waals surface area contributed by atoms with Gasteiger partial charge in [0.05, 0.1) is 6.42 Å². The van der Waals surface area contributed by atoms with Crippen LogP contribution >= 0.6 is 0 Å². The number of carbonyl (C=O) groups excluding carboxylic acids is 2. The minimum Gasteiger partial charge on any atom is -0.481 e. The van der Waals surface area contributed by atoms with Gasteiger partial charge in [0.15, 0.2) is 0 Å². The van der Waals surface area contributed by atoms with Gasteiger partial charge in [-0.1, -0.05) is 39.0 Å². The van der Waals surface area contributed by atoms with Crippen molar-refractivity contribution in [1.82, 2.24) is 5.32 Å². The predicted octanol–water partition coefficient (Wildman–Crippen LogP) is 3.61. The van der Waals surface area contributed by atoms with E-state index in [1.807, 2.05) is 6.92 Å². The number of hydrogen-bond donors (Lipinski definition) is 2. The van der Waals surface area contributed by atoms with Gasteiger partial charge in [0, 0.05) is 19.9 Å². The van der Waals surface area contributed by atoms with Crippen LogP contribution in [0.15, 0.2) is 0 Å². The number of esters is 1. The fraction of sp³-hybridized carbons (Fsp3) is 0.833. The molecule has 1 fully saturated rings. The molecular weight excluding hydrogens is 326 g/mol. The number of nitrogens with one attached hydrogen (secondary N) is 1. The molecule has 1 aliphatic rings. The molecule has 0 aromatic carbocycles. The molecular formula is C18H31NO6. The highest BCUT2D eigenvalue weighted by Crippen LogP contribution is 2.38. The van der Waals surface area contributed by atoms with Crippen LogP contribution in [0.5, 0.6) is 0 Å². The summed E-state index contributed by atoms with van der Waals surface area (Å²) >= 11 is 0. The fourth-order valence-electron chi connectivity index (χ4n) is 3.28. The van der Waals surface area contributed by atoms with E-state index in [1.165, 1.54) is 6.92 Å². The summed E-state index contributed by atoms with van der Waals surface area (Å²) in [6.45, 7) is 3.80. The topological polar surface area (TPSA) is 102 Å². The number of aliphatic carboxylic acids is 1. The zero-order valence-corrected chi connectivity index (χ0v) is 15.3. The molecule has 0 saturated heterocycles. The highest BCUT2D eigenvalue weighted by atomic mass is 16.7. The van der Waals surface area contributed by atoms with Crippen molar-refractivity contribution in [3.05, 3.63) is 0 Å². The molecule has 0 aromatic rings. The Hall–Kier alpha value is -1.79. The van der Waals surface area contributed by atoms with Crippen LogP contribution in [0.3, 0.4) is 0 Å². The minimum absolute atomic E-state index is 0.0370. The maximum absolute atomic E-state index is 11.9. The van der Waals surface area contributed by atoms with Crippen molar-refractivity contribution < 1.29 is 29.0 Å². The third-order valence-corrected chi connectivity index (χ3v) is 4.60. The average molecular weight is 357 g/mol. The Morgan fingerprint density at radius 3 is 2.40 bits per heavy atom. The standard InChI is InChI=1S/C18H31NO6/c1-3-4-6-9-16(22)24-14(2)25-17(23)19-13-18(12-15(20)21)10-7-5-8-11-18/h14H,3-13H2,1-2H3,(H,19,23)(H,20,21). The van der Waals surface area contributed by atoms with Gasteiger partial charge in [-0.3, -0.25) is 9.59 Å². The van der Waals surface area contributed by atoms with Gasteiger partial charge in [0.25, 0.3) is 0 Å². The van der Waals surface area contributed by atoms with Crippen LogP contribution in [-0.2, 0) is 19.1 Å². The van der Waals surface area contributed by atoms with Gasteiger partial charge >= 0.3 is 18.0 Å². The smallest absolute Gasteiger partial charge is 0.410 e. The van der Waals surface area contributed by atoms with Crippen molar-refractivity contribution in [3.63, 3.8) is 0 Å². The maximum atomic E-state index is 11.9. The van der Waals surface area contributed by atoms with E-state index >= 15 is 0 Å². The zero-order valence-electron chi connectivity index (χ0n) is 15.3. The van der Waals surface area contributed by atoms with Crippen molar-refractivity contribution in [2.24, 2.45) is 5.41 Å². The Balaban J connectivity index is 2.36. The number of carboxylic acids is 1. The molecule has 1 amide bonds. The van der Waals surface area contributed by atoms with Crippen LogP contribution in [0.1, 0.15) is 78.1 Å². The number of alkyl carbamates (subject to hydrolysis) is 1. The number of unbranched alkanes of at least 4 members (excludes halogenated alkanes) is 2. The van der Waals surface area contributed by atoms with Gasteiger partial charge in [0.1, 0.15) is 0 Å². The molecule has 1 unspecified atom stereocenters. The van der Waals surface area contributed by atoms with E-state index in [-0.39, 0.29) is 18.9 Å². The number of amides is 1. The molecule has 144 valence electrons. The van der Waals surface area contributed by atoms with Crippen LogP contribution in [0.2, 0.25) is 0 Å². The summed E-state index contributed by atoms with van der Waals surface area (Å²) in [6, 6.07) is 0. The van der Waals surface area contributed by atoms with Crippen molar-refractivity contribution in [3.8, 4) is 0 Å². The molecule has 0 radical (unpaired) electrons. The Labute approximate surface area is 149 Å². The van der Waals surface area contributed by atoms with Gasteiger partial charge < -0.3 is 19.9 Å². The molecule has 1 atom stereocenters. The summed E-state index contributed by atoms with van der Waals surface area (Å²) in [6.07, 6.45) is 6.01. The molecule has 1 rings (SSSR count). The first-order valence-corrected chi connectivity index (χ1v) is 9.22. The molecule has 0 aromatic heterocycles. The van der Waals surface area contributed by atoms with E-state index < -0.39 is 23.8 Å². The molecule has 0 spiro atoms. The first-order chi connectivity index (χ1) is 11.9. The molecule has 7 nitrogen and oxygen atoms in total. The van der Waals surface area contributed by atoms with Crippen LogP contribution in [0.4, 0.5) is 4.79 Å². The molecule has 1 aliphatic carbocycles. The van der Waals surface area contributed by atoms with Crippen molar-refractivity contribution in [2.75, 3.05) is 6.54 Å². The van der Waals surface area contributed by atoms with Gasteiger partial charge in [-0.2, -0.15) is 0 Å². The summed E-state index contributed by atoms with van der Waals surface area (Å²) < 4.78 is 10.1. The molecule has 7 heteroatoms. The van der Waals surface area contributed by atoms with E-state index in [0.29, 0.717) is 6.42 Å². The highest BCUT2D eigenvalue weighted by molar-refractivity contribution is 5.71. The summed E-state index contributed by atoms with van der Waals surface area (Å²) in [7, 11) is 0. The molecule has 0 heterocycles. The molecule has 2 N–H and O–H groups in total. The highest BCUT2D eigenvalue weighted by Gasteiger charge is 2.35. The second-order valence-electron chi connectivity index (χ2n) is 6.90. The summed E-state index contributed by atoms with van der Waals surface area (Å²) in [5, 5.41) is 11.8. The second-order valence-corrected chi connectivity index (χ2v) is 6.90. The van der Waals surface area contributed by atoms with Crippen molar-refractivity contribution in [2.45, 2.75) is 84.3 Å². The molecule has 1 saturated carbocycles. The molecule has 25 heavy (non-hydrogen) atoms. The van der Waals surface area contributed by atoms with Gasteiger partial charge in [-0.15, -0.1) is 0 Å². The lowest BCUT2D eigenvalue weighted by molar-refractivity contribution is -0.165.